The molecule has 1 aliphatic carbocycles. The van der Waals surface area contributed by atoms with Gasteiger partial charge in [0.25, 0.3) is 0 Å². The quantitative estimate of drug-likeness (QED) is 0.708. The maximum Gasteiger partial charge on any atom is 0.240 e. The van der Waals surface area contributed by atoms with Gasteiger partial charge in [-0.25, -0.2) is 0 Å². The Kier molecular flexibility index (Phi) is 3.48. The fourth-order valence-electron chi connectivity index (χ4n) is 1.24. The van der Waals surface area contributed by atoms with E-state index in [4.69, 9.17) is 10.00 Å². The summed E-state index contributed by atoms with van der Waals surface area (Å²) in [5.41, 5.74) is -0.707. The molecule has 1 N–H and O–H groups in total. The second-order valence-electron chi connectivity index (χ2n) is 3.85. The standard InChI is InChI=1S/C10H16N2O2/c1-8(3-6-14-2)12-9(13)10(7-11)4-5-10/h8H,3-6H2,1-2H3,(H,12,13). The highest BCUT2D eigenvalue weighted by atomic mass is 16.5. The number of amides is 1. The van der Waals surface area contributed by atoms with Crippen molar-refractivity contribution in [3.8, 4) is 6.07 Å². The summed E-state index contributed by atoms with van der Waals surface area (Å²) in [6, 6.07) is 2.15. The molecular weight excluding hydrogens is 180 g/mol. The predicted octanol–water partition coefficient (Wildman–Crippen LogP) is 0.831. The first kappa shape index (κ1) is 11.0. The van der Waals surface area contributed by atoms with Crippen molar-refractivity contribution in [2.75, 3.05) is 13.7 Å². The van der Waals surface area contributed by atoms with Crippen LogP contribution in [0.15, 0.2) is 0 Å². The van der Waals surface area contributed by atoms with Gasteiger partial charge in [-0.05, 0) is 26.2 Å². The van der Waals surface area contributed by atoms with E-state index in [-0.39, 0.29) is 11.9 Å². The average molecular weight is 196 g/mol. The first-order valence-electron chi connectivity index (χ1n) is 4.86. The normalized spacial score (nSPS) is 19.5. The molecule has 78 valence electrons. The van der Waals surface area contributed by atoms with Crippen LogP contribution < -0.4 is 5.32 Å². The highest BCUT2D eigenvalue weighted by Gasteiger charge is 2.50. The van der Waals surface area contributed by atoms with E-state index in [0.29, 0.717) is 19.4 Å². The Labute approximate surface area is 84.2 Å². The lowest BCUT2D eigenvalue weighted by atomic mass is 10.1. The van der Waals surface area contributed by atoms with Crippen LogP contribution in [0.25, 0.3) is 0 Å². The molecule has 1 amide bonds. The van der Waals surface area contributed by atoms with Gasteiger partial charge >= 0.3 is 0 Å². The lowest BCUT2D eigenvalue weighted by Crippen LogP contribution is -2.38. The second-order valence-corrected chi connectivity index (χ2v) is 3.85. The largest absolute Gasteiger partial charge is 0.385 e. The van der Waals surface area contributed by atoms with Crippen LogP contribution in [0.1, 0.15) is 26.2 Å². The minimum atomic E-state index is -0.707. The van der Waals surface area contributed by atoms with Gasteiger partial charge in [-0.1, -0.05) is 0 Å². The molecule has 1 aliphatic rings. The smallest absolute Gasteiger partial charge is 0.240 e. The molecule has 4 nitrogen and oxygen atoms in total. The Hall–Kier alpha value is -1.08. The number of nitrogens with zero attached hydrogens (tertiary/aromatic N) is 1. The summed E-state index contributed by atoms with van der Waals surface area (Å²) in [7, 11) is 1.63. The maximum atomic E-state index is 11.6. The van der Waals surface area contributed by atoms with Crippen molar-refractivity contribution in [3.05, 3.63) is 0 Å². The van der Waals surface area contributed by atoms with E-state index in [1.54, 1.807) is 7.11 Å². The van der Waals surface area contributed by atoms with Gasteiger partial charge < -0.3 is 10.1 Å². The van der Waals surface area contributed by atoms with Crippen LogP contribution in [0.4, 0.5) is 0 Å². The van der Waals surface area contributed by atoms with E-state index in [0.717, 1.165) is 6.42 Å². The van der Waals surface area contributed by atoms with Gasteiger partial charge in [0.2, 0.25) is 5.91 Å². The molecule has 1 fully saturated rings. The van der Waals surface area contributed by atoms with Gasteiger partial charge in [0.15, 0.2) is 0 Å². The molecule has 0 aromatic heterocycles. The van der Waals surface area contributed by atoms with E-state index in [9.17, 15) is 4.79 Å². The second kappa shape index (κ2) is 4.43. The summed E-state index contributed by atoms with van der Waals surface area (Å²) in [6.07, 6.45) is 2.18. The summed E-state index contributed by atoms with van der Waals surface area (Å²) in [6.45, 7) is 2.55. The molecule has 4 heteroatoms. The van der Waals surface area contributed by atoms with E-state index in [1.807, 2.05) is 6.92 Å². The molecule has 0 bridgehead atoms. The number of carbonyl (C=O) groups excluding carboxylic acids is 1. The number of rotatable bonds is 5. The molecule has 0 heterocycles. The van der Waals surface area contributed by atoms with Crippen LogP contribution in [-0.2, 0) is 9.53 Å². The molecule has 14 heavy (non-hydrogen) atoms. The Balaban J connectivity index is 2.31. The minimum Gasteiger partial charge on any atom is -0.385 e. The van der Waals surface area contributed by atoms with Crippen molar-refractivity contribution in [1.29, 1.82) is 5.26 Å². The first-order valence-corrected chi connectivity index (χ1v) is 4.86. The number of methoxy groups -OCH3 is 1. The fraction of sp³-hybridized carbons (Fsp3) is 0.800. The highest BCUT2D eigenvalue weighted by Crippen LogP contribution is 2.45. The lowest BCUT2D eigenvalue weighted by Gasteiger charge is -2.15. The van der Waals surface area contributed by atoms with Gasteiger partial charge in [0.05, 0.1) is 6.07 Å². The maximum absolute atomic E-state index is 11.6. The minimum absolute atomic E-state index is 0.0771. The zero-order valence-corrected chi connectivity index (χ0v) is 8.67. The van der Waals surface area contributed by atoms with Gasteiger partial charge in [0.1, 0.15) is 5.41 Å². The monoisotopic (exact) mass is 196 g/mol. The Morgan fingerprint density at radius 1 is 1.71 bits per heavy atom. The number of ether oxygens (including phenoxy) is 1. The summed E-state index contributed by atoms with van der Waals surface area (Å²) < 4.78 is 4.91. The molecular formula is C10H16N2O2. The number of nitrogens with one attached hydrogen (secondary N) is 1. The van der Waals surface area contributed by atoms with Crippen molar-refractivity contribution in [2.24, 2.45) is 5.41 Å². The molecule has 1 atom stereocenters. The third-order valence-corrected chi connectivity index (χ3v) is 2.53. The first-order chi connectivity index (χ1) is 6.64. The third-order valence-electron chi connectivity index (χ3n) is 2.53. The molecule has 1 unspecified atom stereocenters. The molecule has 0 aromatic rings. The molecule has 1 saturated carbocycles. The van der Waals surface area contributed by atoms with Gasteiger partial charge in [0, 0.05) is 19.8 Å². The topological polar surface area (TPSA) is 62.1 Å². The van der Waals surface area contributed by atoms with Gasteiger partial charge in [-0.2, -0.15) is 5.26 Å². The third kappa shape index (κ3) is 2.46. The number of nitriles is 1. The van der Waals surface area contributed by atoms with Crippen LogP contribution in [0.3, 0.4) is 0 Å². The fourth-order valence-corrected chi connectivity index (χ4v) is 1.24. The predicted molar refractivity (Wildman–Crippen MR) is 51.4 cm³/mol. The van der Waals surface area contributed by atoms with Gasteiger partial charge in [-0.3, -0.25) is 4.79 Å². The zero-order chi connectivity index (χ0) is 10.6. The molecule has 0 radical (unpaired) electrons. The number of hydrogen-bond acceptors (Lipinski definition) is 3. The molecule has 0 saturated heterocycles. The van der Waals surface area contributed by atoms with Crippen LogP contribution in [0.2, 0.25) is 0 Å². The van der Waals surface area contributed by atoms with Crippen LogP contribution in [0, 0.1) is 16.7 Å². The van der Waals surface area contributed by atoms with Crippen molar-refractivity contribution >= 4 is 5.91 Å². The Morgan fingerprint density at radius 2 is 2.36 bits per heavy atom. The van der Waals surface area contributed by atoms with Gasteiger partial charge in [-0.15, -0.1) is 0 Å². The number of carbonyl (C=O) groups is 1. The summed E-state index contributed by atoms with van der Waals surface area (Å²) in [5.74, 6) is -0.122. The van der Waals surface area contributed by atoms with Crippen molar-refractivity contribution in [2.45, 2.75) is 32.2 Å². The van der Waals surface area contributed by atoms with Crippen molar-refractivity contribution < 1.29 is 9.53 Å². The van der Waals surface area contributed by atoms with E-state index >= 15 is 0 Å². The SMILES string of the molecule is COCCC(C)NC(=O)C1(C#N)CC1. The Bertz CT molecular complexity index is 253. The highest BCUT2D eigenvalue weighted by molar-refractivity contribution is 5.88. The number of hydrogen-bond donors (Lipinski definition) is 1. The van der Waals surface area contributed by atoms with Crippen molar-refractivity contribution in [3.63, 3.8) is 0 Å². The Morgan fingerprint density at radius 3 is 2.79 bits per heavy atom. The molecule has 1 rings (SSSR count). The summed E-state index contributed by atoms with van der Waals surface area (Å²) in [4.78, 5) is 11.6. The van der Waals surface area contributed by atoms with Crippen LogP contribution in [0.5, 0.6) is 0 Å². The van der Waals surface area contributed by atoms with E-state index in [2.05, 4.69) is 11.4 Å². The van der Waals surface area contributed by atoms with Crippen molar-refractivity contribution in [1.82, 2.24) is 5.32 Å². The van der Waals surface area contributed by atoms with E-state index < -0.39 is 5.41 Å². The molecule has 0 aliphatic heterocycles. The zero-order valence-electron chi connectivity index (χ0n) is 8.67. The van der Waals surface area contributed by atoms with Crippen LogP contribution >= 0.6 is 0 Å². The lowest BCUT2D eigenvalue weighted by molar-refractivity contribution is -0.125. The summed E-state index contributed by atoms with van der Waals surface area (Å²) >= 11 is 0. The summed E-state index contributed by atoms with van der Waals surface area (Å²) in [5, 5.41) is 11.6. The van der Waals surface area contributed by atoms with E-state index in [1.165, 1.54) is 0 Å². The van der Waals surface area contributed by atoms with Crippen LogP contribution in [-0.4, -0.2) is 25.7 Å². The molecule has 0 spiro atoms. The average Bonchev–Trinajstić information content (AvgIpc) is 2.95. The molecule has 0 aromatic carbocycles.